The molecule has 1 atom stereocenters. The molecule has 7 heteroatoms. The zero-order chi connectivity index (χ0) is 16.2. The van der Waals surface area contributed by atoms with Crippen molar-refractivity contribution >= 4 is 10.8 Å². The van der Waals surface area contributed by atoms with Crippen LogP contribution in [0.3, 0.4) is 0 Å². The third-order valence-corrected chi connectivity index (χ3v) is 4.94. The molecule has 6 nitrogen and oxygen atoms in total. The number of nitrogens with zero attached hydrogens (tertiary/aromatic N) is 3. The Hall–Kier alpha value is -1.89. The number of aryl methyl sites for hydroxylation is 1. The van der Waals surface area contributed by atoms with Crippen molar-refractivity contribution in [2.45, 2.75) is 24.5 Å². The first-order chi connectivity index (χ1) is 11.2. The third kappa shape index (κ3) is 4.31. The van der Waals surface area contributed by atoms with Crippen LogP contribution >= 0.6 is 0 Å². The first-order valence-corrected chi connectivity index (χ1v) is 9.16. The molecule has 1 saturated carbocycles. The summed E-state index contributed by atoms with van der Waals surface area (Å²) in [6.45, 7) is 0.409. The second-order valence-corrected chi connectivity index (χ2v) is 7.17. The van der Waals surface area contributed by atoms with E-state index in [0.29, 0.717) is 24.0 Å². The number of methoxy groups -OCH3 is 1. The molecule has 124 valence electrons. The quantitative estimate of drug-likeness (QED) is 0.738. The van der Waals surface area contributed by atoms with Gasteiger partial charge in [0.05, 0.1) is 25.2 Å². The zero-order valence-electron chi connectivity index (χ0n) is 13.4. The molecule has 23 heavy (non-hydrogen) atoms. The van der Waals surface area contributed by atoms with Crippen LogP contribution in [0.1, 0.15) is 30.4 Å². The Morgan fingerprint density at radius 1 is 1.26 bits per heavy atom. The number of hydrogen-bond acceptors (Lipinski definition) is 5. The van der Waals surface area contributed by atoms with E-state index in [9.17, 15) is 4.21 Å². The molecule has 0 bridgehead atoms. The molecular weight excluding hydrogens is 314 g/mol. The van der Waals surface area contributed by atoms with E-state index in [0.717, 1.165) is 23.1 Å². The number of rotatable bonds is 8. The molecule has 1 heterocycles. The van der Waals surface area contributed by atoms with E-state index in [2.05, 4.69) is 10.1 Å². The predicted molar refractivity (Wildman–Crippen MR) is 88.2 cm³/mol. The zero-order valence-corrected chi connectivity index (χ0v) is 14.2. The van der Waals surface area contributed by atoms with Gasteiger partial charge in [-0.05, 0) is 37.1 Å². The minimum atomic E-state index is -1.01. The fourth-order valence-corrected chi connectivity index (χ4v) is 3.17. The van der Waals surface area contributed by atoms with Crippen molar-refractivity contribution in [2.24, 2.45) is 7.05 Å². The van der Waals surface area contributed by atoms with E-state index in [4.69, 9.17) is 9.47 Å². The molecule has 0 spiro atoms. The van der Waals surface area contributed by atoms with Gasteiger partial charge in [-0.25, -0.2) is 4.98 Å². The highest BCUT2D eigenvalue weighted by atomic mass is 32.2. The minimum absolute atomic E-state index is 0.409. The summed E-state index contributed by atoms with van der Waals surface area (Å²) in [5, 5.41) is 4.40. The summed E-state index contributed by atoms with van der Waals surface area (Å²) in [5.74, 6) is 4.62. The van der Waals surface area contributed by atoms with E-state index < -0.39 is 10.8 Å². The lowest BCUT2D eigenvalue weighted by atomic mass is 10.3. The molecule has 0 radical (unpaired) electrons. The normalized spacial score (nSPS) is 15.4. The summed E-state index contributed by atoms with van der Waals surface area (Å²) in [7, 11) is 2.47. The van der Waals surface area contributed by atoms with E-state index in [-0.39, 0.29) is 0 Å². The van der Waals surface area contributed by atoms with Crippen molar-refractivity contribution in [2.75, 3.05) is 19.5 Å². The van der Waals surface area contributed by atoms with Crippen LogP contribution in [0.5, 0.6) is 11.5 Å². The average molecular weight is 335 g/mol. The van der Waals surface area contributed by atoms with Crippen LogP contribution in [0.25, 0.3) is 0 Å². The second kappa shape index (κ2) is 7.12. The van der Waals surface area contributed by atoms with Crippen LogP contribution in [0.15, 0.2) is 24.3 Å². The van der Waals surface area contributed by atoms with Crippen molar-refractivity contribution in [1.29, 1.82) is 0 Å². The van der Waals surface area contributed by atoms with Crippen LogP contribution in [0, 0.1) is 0 Å². The number of aromatic nitrogens is 3. The molecule has 1 aliphatic carbocycles. The van der Waals surface area contributed by atoms with Gasteiger partial charge in [-0.2, -0.15) is 5.10 Å². The first kappa shape index (κ1) is 16.0. The molecule has 0 saturated heterocycles. The maximum absolute atomic E-state index is 12.2. The van der Waals surface area contributed by atoms with Gasteiger partial charge in [-0.15, -0.1) is 0 Å². The lowest BCUT2D eigenvalue weighted by Gasteiger charge is -2.07. The van der Waals surface area contributed by atoms with Crippen molar-refractivity contribution in [3.8, 4) is 11.5 Å². The van der Waals surface area contributed by atoms with Crippen LogP contribution in [-0.4, -0.2) is 38.4 Å². The monoisotopic (exact) mass is 335 g/mol. The summed E-state index contributed by atoms with van der Waals surface area (Å²) in [6.07, 6.45) is 2.34. The van der Waals surface area contributed by atoms with E-state index in [1.807, 2.05) is 31.3 Å². The topological polar surface area (TPSA) is 66.2 Å². The predicted octanol–water partition coefficient (Wildman–Crippen LogP) is 2.03. The molecule has 0 aliphatic heterocycles. The molecule has 1 unspecified atom stereocenters. The average Bonchev–Trinajstić information content (AvgIpc) is 3.33. The molecule has 1 aromatic carbocycles. The van der Waals surface area contributed by atoms with E-state index in [1.54, 1.807) is 11.8 Å². The van der Waals surface area contributed by atoms with Gasteiger partial charge in [-0.1, -0.05) is 0 Å². The smallest absolute Gasteiger partial charge is 0.154 e. The summed E-state index contributed by atoms with van der Waals surface area (Å²) >= 11 is 0. The largest absolute Gasteiger partial charge is 0.497 e. The van der Waals surface area contributed by atoms with Crippen molar-refractivity contribution in [3.63, 3.8) is 0 Å². The van der Waals surface area contributed by atoms with Crippen molar-refractivity contribution in [3.05, 3.63) is 35.9 Å². The Labute approximate surface area is 138 Å². The molecule has 2 aromatic rings. The van der Waals surface area contributed by atoms with E-state index >= 15 is 0 Å². The SMILES string of the molecule is COc1ccc(OCCS(=O)Cc2nc(C3CC3)nn2C)cc1. The number of hydrogen-bond donors (Lipinski definition) is 0. The molecule has 1 aromatic heterocycles. The Morgan fingerprint density at radius 3 is 2.61 bits per heavy atom. The van der Waals surface area contributed by atoms with Crippen LogP contribution < -0.4 is 9.47 Å². The van der Waals surface area contributed by atoms with Gasteiger partial charge < -0.3 is 9.47 Å². The van der Waals surface area contributed by atoms with Crippen molar-refractivity contribution < 1.29 is 13.7 Å². The fraction of sp³-hybridized carbons (Fsp3) is 0.500. The van der Waals surface area contributed by atoms with Gasteiger partial charge in [0, 0.05) is 23.8 Å². The van der Waals surface area contributed by atoms with Gasteiger partial charge in [0.25, 0.3) is 0 Å². The fourth-order valence-electron chi connectivity index (χ4n) is 2.22. The molecular formula is C16H21N3O3S. The van der Waals surface area contributed by atoms with Gasteiger partial charge in [0.2, 0.25) is 0 Å². The van der Waals surface area contributed by atoms with Crippen LogP contribution in [-0.2, 0) is 23.6 Å². The molecule has 1 fully saturated rings. The Morgan fingerprint density at radius 2 is 1.96 bits per heavy atom. The lowest BCUT2D eigenvalue weighted by Crippen LogP contribution is -2.12. The highest BCUT2D eigenvalue weighted by Gasteiger charge is 2.28. The first-order valence-electron chi connectivity index (χ1n) is 7.67. The van der Waals surface area contributed by atoms with Gasteiger partial charge >= 0.3 is 0 Å². The highest BCUT2D eigenvalue weighted by Crippen LogP contribution is 2.38. The Bertz CT molecular complexity index is 680. The van der Waals surface area contributed by atoms with Gasteiger partial charge in [0.1, 0.15) is 17.3 Å². The third-order valence-electron chi connectivity index (χ3n) is 3.74. The van der Waals surface area contributed by atoms with Crippen LogP contribution in [0.2, 0.25) is 0 Å². The molecule has 0 N–H and O–H groups in total. The number of ether oxygens (including phenoxy) is 2. The highest BCUT2D eigenvalue weighted by molar-refractivity contribution is 7.84. The molecule has 3 rings (SSSR count). The lowest BCUT2D eigenvalue weighted by molar-refractivity contribution is 0.341. The maximum atomic E-state index is 12.2. The number of benzene rings is 1. The van der Waals surface area contributed by atoms with E-state index in [1.165, 1.54) is 12.8 Å². The maximum Gasteiger partial charge on any atom is 0.154 e. The molecule has 1 aliphatic rings. The van der Waals surface area contributed by atoms with Crippen molar-refractivity contribution in [1.82, 2.24) is 14.8 Å². The summed E-state index contributed by atoms with van der Waals surface area (Å²) < 4.78 is 24.6. The van der Waals surface area contributed by atoms with Gasteiger partial charge in [-0.3, -0.25) is 8.89 Å². The summed E-state index contributed by atoms with van der Waals surface area (Å²) in [4.78, 5) is 4.50. The summed E-state index contributed by atoms with van der Waals surface area (Å²) in [6, 6.07) is 7.36. The van der Waals surface area contributed by atoms with Gasteiger partial charge in [0.15, 0.2) is 5.82 Å². The Balaban J connectivity index is 1.45. The second-order valence-electron chi connectivity index (χ2n) is 5.60. The standard InChI is InChI=1S/C16H21N3O3S/c1-19-15(17-16(18-19)12-3-4-12)11-23(20)10-9-22-14-7-5-13(21-2)6-8-14/h5-8,12H,3-4,9-11H2,1-2H3. The molecule has 0 amide bonds. The Kier molecular flexibility index (Phi) is 4.95. The summed E-state index contributed by atoms with van der Waals surface area (Å²) in [5.41, 5.74) is 0. The minimum Gasteiger partial charge on any atom is -0.497 e. The van der Waals surface area contributed by atoms with Crippen LogP contribution in [0.4, 0.5) is 0 Å².